The van der Waals surface area contributed by atoms with Gasteiger partial charge in [0.2, 0.25) is 0 Å². The highest BCUT2D eigenvalue weighted by molar-refractivity contribution is 7.85. The molecule has 0 aromatic heterocycles. The molecule has 0 saturated heterocycles. The summed E-state index contributed by atoms with van der Waals surface area (Å²) in [5, 5.41) is 8.40. The van der Waals surface area contributed by atoms with E-state index in [2.05, 4.69) is 16.0 Å². The number of amides is 3. The lowest BCUT2D eigenvalue weighted by Crippen LogP contribution is -2.30. The number of carbonyl (C=O) groups excluding carboxylic acids is 2. The van der Waals surface area contributed by atoms with Crippen molar-refractivity contribution < 1.29 is 13.8 Å². The number of urea groups is 1. The average molecular weight is 371 g/mol. The molecule has 7 heteroatoms. The molecule has 136 valence electrons. The van der Waals surface area contributed by atoms with Crippen LogP contribution in [0.2, 0.25) is 0 Å². The smallest absolute Gasteiger partial charge is 0.319 e. The summed E-state index contributed by atoms with van der Waals surface area (Å²) in [6, 6.07) is 13.8. The number of nitrogens with one attached hydrogen (secondary N) is 3. The van der Waals surface area contributed by atoms with Crippen LogP contribution >= 0.6 is 0 Å². The van der Waals surface area contributed by atoms with Gasteiger partial charge in [0.25, 0.3) is 5.91 Å². The molecule has 0 spiro atoms. The van der Waals surface area contributed by atoms with Crippen LogP contribution in [0.5, 0.6) is 0 Å². The van der Waals surface area contributed by atoms with Crippen LogP contribution in [0.1, 0.15) is 30.1 Å². The molecule has 26 heavy (non-hydrogen) atoms. The highest BCUT2D eigenvalue weighted by Gasteiger charge is 2.23. The fraction of sp³-hybridized carbons (Fsp3) is 0.263. The van der Waals surface area contributed by atoms with Crippen molar-refractivity contribution in [3.05, 3.63) is 54.1 Å². The standard InChI is InChI=1S/C19H21N3O3S/c1-2-26(25)17-6-4-3-5-16(17)18(23)20-13-7-9-14(10-8-13)21-19(24)22-15-11-12-15/h3-10,15H,2,11-12H2,1H3,(H,20,23)(H2,21,22,24). The van der Waals surface area contributed by atoms with Crippen LogP contribution in [-0.4, -0.2) is 27.9 Å². The molecule has 0 radical (unpaired) electrons. The van der Waals surface area contributed by atoms with Gasteiger partial charge < -0.3 is 16.0 Å². The summed E-state index contributed by atoms with van der Waals surface area (Å²) < 4.78 is 12.1. The summed E-state index contributed by atoms with van der Waals surface area (Å²) in [7, 11) is -1.21. The zero-order valence-electron chi connectivity index (χ0n) is 14.5. The molecule has 0 aliphatic heterocycles. The molecule has 1 aliphatic carbocycles. The molecular formula is C19H21N3O3S. The van der Waals surface area contributed by atoms with Gasteiger partial charge in [-0.3, -0.25) is 9.00 Å². The van der Waals surface area contributed by atoms with E-state index in [0.29, 0.717) is 33.6 Å². The lowest BCUT2D eigenvalue weighted by molar-refractivity contribution is 0.102. The Hall–Kier alpha value is -2.67. The van der Waals surface area contributed by atoms with E-state index >= 15 is 0 Å². The predicted octanol–water partition coefficient (Wildman–Crippen LogP) is 3.35. The minimum absolute atomic E-state index is 0.222. The Morgan fingerprint density at radius 2 is 1.62 bits per heavy atom. The van der Waals surface area contributed by atoms with E-state index in [1.807, 2.05) is 6.92 Å². The third-order valence-electron chi connectivity index (χ3n) is 3.95. The number of hydrogen-bond donors (Lipinski definition) is 3. The lowest BCUT2D eigenvalue weighted by atomic mass is 10.2. The Morgan fingerprint density at radius 1 is 1.00 bits per heavy atom. The molecule has 0 heterocycles. The summed E-state index contributed by atoms with van der Waals surface area (Å²) in [6.07, 6.45) is 2.06. The molecule has 2 aromatic carbocycles. The topological polar surface area (TPSA) is 87.3 Å². The van der Waals surface area contributed by atoms with E-state index in [0.717, 1.165) is 12.8 Å². The SMILES string of the molecule is CCS(=O)c1ccccc1C(=O)Nc1ccc(NC(=O)NC2CC2)cc1. The van der Waals surface area contributed by atoms with Crippen LogP contribution in [-0.2, 0) is 10.8 Å². The lowest BCUT2D eigenvalue weighted by Gasteiger charge is -2.10. The van der Waals surface area contributed by atoms with Crippen molar-refractivity contribution >= 4 is 34.1 Å². The first-order chi connectivity index (χ1) is 12.6. The van der Waals surface area contributed by atoms with Crippen LogP contribution in [0.25, 0.3) is 0 Å². The van der Waals surface area contributed by atoms with Gasteiger partial charge in [-0.25, -0.2) is 4.79 Å². The van der Waals surface area contributed by atoms with Crippen molar-refractivity contribution in [2.45, 2.75) is 30.7 Å². The predicted molar refractivity (Wildman–Crippen MR) is 103 cm³/mol. The summed E-state index contributed by atoms with van der Waals surface area (Å²) in [5.41, 5.74) is 1.65. The van der Waals surface area contributed by atoms with Gasteiger partial charge >= 0.3 is 6.03 Å². The molecular weight excluding hydrogens is 350 g/mol. The highest BCUT2D eigenvalue weighted by atomic mass is 32.2. The van der Waals surface area contributed by atoms with E-state index in [1.54, 1.807) is 48.5 Å². The van der Waals surface area contributed by atoms with Gasteiger partial charge in [-0.1, -0.05) is 19.1 Å². The van der Waals surface area contributed by atoms with Gasteiger partial charge in [0.05, 0.1) is 21.3 Å². The van der Waals surface area contributed by atoms with Gasteiger partial charge in [-0.2, -0.15) is 0 Å². The summed E-state index contributed by atoms with van der Waals surface area (Å²) in [4.78, 5) is 24.8. The first-order valence-corrected chi connectivity index (χ1v) is 9.85. The van der Waals surface area contributed by atoms with Gasteiger partial charge in [-0.15, -0.1) is 0 Å². The molecule has 1 unspecified atom stereocenters. The van der Waals surface area contributed by atoms with Crippen molar-refractivity contribution in [3.63, 3.8) is 0 Å². The van der Waals surface area contributed by atoms with Crippen molar-refractivity contribution in [3.8, 4) is 0 Å². The van der Waals surface area contributed by atoms with Gasteiger partial charge in [-0.05, 0) is 49.2 Å². The molecule has 3 amide bonds. The fourth-order valence-electron chi connectivity index (χ4n) is 2.42. The first kappa shape index (κ1) is 18.1. The summed E-state index contributed by atoms with van der Waals surface area (Å²) in [6.45, 7) is 1.82. The highest BCUT2D eigenvalue weighted by Crippen LogP contribution is 2.20. The van der Waals surface area contributed by atoms with Gasteiger partial charge in [0.1, 0.15) is 0 Å². The van der Waals surface area contributed by atoms with Crippen molar-refractivity contribution in [1.29, 1.82) is 0 Å². The van der Waals surface area contributed by atoms with E-state index in [9.17, 15) is 13.8 Å². The Kier molecular flexibility index (Phi) is 5.68. The average Bonchev–Trinajstić information content (AvgIpc) is 3.46. The number of rotatable bonds is 6. The van der Waals surface area contributed by atoms with E-state index in [-0.39, 0.29) is 11.9 Å². The second kappa shape index (κ2) is 8.14. The molecule has 3 N–H and O–H groups in total. The van der Waals surface area contributed by atoms with Crippen molar-refractivity contribution in [1.82, 2.24) is 5.32 Å². The zero-order chi connectivity index (χ0) is 18.5. The van der Waals surface area contributed by atoms with Crippen LogP contribution in [0.4, 0.5) is 16.2 Å². The van der Waals surface area contributed by atoms with Gasteiger partial charge in [0.15, 0.2) is 0 Å². The quantitative estimate of drug-likeness (QED) is 0.728. The molecule has 1 atom stereocenters. The largest absolute Gasteiger partial charge is 0.335 e. The third kappa shape index (κ3) is 4.70. The second-order valence-electron chi connectivity index (χ2n) is 6.03. The Labute approximate surface area is 154 Å². The van der Waals surface area contributed by atoms with Crippen LogP contribution in [0.3, 0.4) is 0 Å². The Bertz CT molecular complexity index is 832. The molecule has 2 aromatic rings. The number of hydrogen-bond acceptors (Lipinski definition) is 3. The van der Waals surface area contributed by atoms with E-state index in [4.69, 9.17) is 0 Å². The summed E-state index contributed by atoms with van der Waals surface area (Å²) in [5.74, 6) is 0.141. The van der Waals surface area contributed by atoms with Crippen molar-refractivity contribution in [2.75, 3.05) is 16.4 Å². The monoisotopic (exact) mass is 371 g/mol. The maximum atomic E-state index is 12.5. The zero-order valence-corrected chi connectivity index (χ0v) is 15.3. The van der Waals surface area contributed by atoms with Crippen molar-refractivity contribution in [2.24, 2.45) is 0 Å². The van der Waals surface area contributed by atoms with Crippen LogP contribution in [0.15, 0.2) is 53.4 Å². The normalized spacial score (nSPS) is 14.3. The minimum atomic E-state index is -1.21. The van der Waals surface area contributed by atoms with Gasteiger partial charge in [0, 0.05) is 23.2 Å². The molecule has 3 rings (SSSR count). The Balaban J connectivity index is 1.64. The number of anilines is 2. The first-order valence-electron chi connectivity index (χ1n) is 8.53. The van der Waals surface area contributed by atoms with E-state index in [1.165, 1.54) is 0 Å². The third-order valence-corrected chi connectivity index (χ3v) is 5.32. The Morgan fingerprint density at radius 3 is 2.23 bits per heavy atom. The van der Waals surface area contributed by atoms with Crippen LogP contribution in [0, 0.1) is 0 Å². The van der Waals surface area contributed by atoms with E-state index < -0.39 is 10.8 Å². The fourth-order valence-corrected chi connectivity index (χ4v) is 3.37. The van der Waals surface area contributed by atoms with Crippen LogP contribution < -0.4 is 16.0 Å². The second-order valence-corrected chi connectivity index (χ2v) is 7.74. The maximum absolute atomic E-state index is 12.5. The number of benzene rings is 2. The molecule has 0 bridgehead atoms. The molecule has 1 fully saturated rings. The molecule has 6 nitrogen and oxygen atoms in total. The summed E-state index contributed by atoms with van der Waals surface area (Å²) >= 11 is 0. The molecule has 1 aliphatic rings. The number of carbonyl (C=O) groups is 2. The maximum Gasteiger partial charge on any atom is 0.319 e. The minimum Gasteiger partial charge on any atom is -0.335 e. The molecule has 1 saturated carbocycles.